The Bertz CT molecular complexity index is 979. The number of carbonyl (C=O) groups is 3. The number of imide groups is 1. The van der Waals surface area contributed by atoms with Crippen molar-refractivity contribution in [1.29, 1.82) is 0 Å². The van der Waals surface area contributed by atoms with E-state index in [-0.39, 0.29) is 23.9 Å². The second kappa shape index (κ2) is 8.69. The first-order chi connectivity index (χ1) is 14.5. The van der Waals surface area contributed by atoms with Gasteiger partial charge in [0, 0.05) is 18.3 Å². The van der Waals surface area contributed by atoms with E-state index in [0.717, 1.165) is 38.5 Å². The van der Waals surface area contributed by atoms with Crippen molar-refractivity contribution in [3.8, 4) is 0 Å². The van der Waals surface area contributed by atoms with E-state index < -0.39 is 0 Å². The molecule has 1 aliphatic heterocycles. The Morgan fingerprint density at radius 1 is 1.00 bits per heavy atom. The summed E-state index contributed by atoms with van der Waals surface area (Å²) in [7, 11) is 0. The predicted molar refractivity (Wildman–Crippen MR) is 116 cm³/mol. The number of urea groups is 1. The van der Waals surface area contributed by atoms with Gasteiger partial charge in [-0.1, -0.05) is 43.5 Å². The molecule has 30 heavy (non-hydrogen) atoms. The minimum atomic E-state index is -0.329. The number of amides is 4. The van der Waals surface area contributed by atoms with Crippen molar-refractivity contribution in [3.63, 3.8) is 0 Å². The van der Waals surface area contributed by atoms with E-state index in [0.29, 0.717) is 23.4 Å². The zero-order valence-corrected chi connectivity index (χ0v) is 17.2. The average Bonchev–Trinajstić information content (AvgIpc) is 3.00. The van der Waals surface area contributed by atoms with E-state index in [9.17, 15) is 14.4 Å². The summed E-state index contributed by atoms with van der Waals surface area (Å²) < 4.78 is 0. The van der Waals surface area contributed by atoms with Gasteiger partial charge in [0.15, 0.2) is 0 Å². The lowest BCUT2D eigenvalue weighted by atomic mass is 9.94. The number of hydrogen-bond acceptors (Lipinski definition) is 3. The third-order valence-corrected chi connectivity index (χ3v) is 6.06. The summed E-state index contributed by atoms with van der Waals surface area (Å²) >= 11 is 0. The molecule has 1 heterocycles. The zero-order chi connectivity index (χ0) is 21.1. The molecule has 0 unspecified atom stereocenters. The number of anilines is 1. The first-order valence-electron chi connectivity index (χ1n) is 10.7. The van der Waals surface area contributed by atoms with E-state index in [1.54, 1.807) is 18.2 Å². The van der Waals surface area contributed by atoms with E-state index in [1.165, 1.54) is 16.0 Å². The fourth-order valence-electron chi connectivity index (χ4n) is 4.38. The van der Waals surface area contributed by atoms with Crippen LogP contribution in [0.2, 0.25) is 0 Å². The molecule has 4 rings (SSSR count). The van der Waals surface area contributed by atoms with Gasteiger partial charge in [-0.05, 0) is 55.5 Å². The molecule has 6 nitrogen and oxygen atoms in total. The molecule has 2 N–H and O–H groups in total. The maximum absolute atomic E-state index is 12.9. The first kappa shape index (κ1) is 20.1. The van der Waals surface area contributed by atoms with E-state index in [4.69, 9.17) is 0 Å². The molecule has 6 heteroatoms. The predicted octanol–water partition coefficient (Wildman–Crippen LogP) is 4.29. The Labute approximate surface area is 176 Å². The lowest BCUT2D eigenvalue weighted by Gasteiger charge is -2.29. The summed E-state index contributed by atoms with van der Waals surface area (Å²) in [5.41, 5.74) is 3.71. The van der Waals surface area contributed by atoms with Crippen LogP contribution in [0.3, 0.4) is 0 Å². The van der Waals surface area contributed by atoms with Gasteiger partial charge < -0.3 is 10.6 Å². The third-order valence-electron chi connectivity index (χ3n) is 6.06. The molecule has 0 saturated heterocycles. The average molecular weight is 405 g/mol. The third kappa shape index (κ3) is 4.08. The molecule has 2 aromatic rings. The molecule has 0 aromatic heterocycles. The monoisotopic (exact) mass is 405 g/mol. The first-order valence-corrected chi connectivity index (χ1v) is 10.7. The van der Waals surface area contributed by atoms with E-state index in [1.807, 2.05) is 12.1 Å². The lowest BCUT2D eigenvalue weighted by molar-refractivity contribution is 0.0549. The fraction of sp³-hybridized carbons (Fsp3) is 0.375. The van der Waals surface area contributed by atoms with Gasteiger partial charge in [-0.15, -0.1) is 0 Å². The molecule has 156 valence electrons. The normalized spacial score (nSPS) is 16.5. The van der Waals surface area contributed by atoms with Gasteiger partial charge in [0.05, 0.1) is 11.1 Å². The summed E-state index contributed by atoms with van der Waals surface area (Å²) in [6.07, 6.45) is 5.75. The highest BCUT2D eigenvalue weighted by Crippen LogP contribution is 2.32. The highest BCUT2D eigenvalue weighted by molar-refractivity contribution is 6.22. The molecule has 0 bridgehead atoms. The van der Waals surface area contributed by atoms with Crippen LogP contribution in [0, 0.1) is 6.92 Å². The van der Waals surface area contributed by atoms with Crippen molar-refractivity contribution < 1.29 is 14.4 Å². The van der Waals surface area contributed by atoms with Crippen molar-refractivity contribution in [2.75, 3.05) is 11.9 Å². The number of nitrogens with one attached hydrogen (secondary N) is 2. The van der Waals surface area contributed by atoms with Gasteiger partial charge in [-0.25, -0.2) is 4.79 Å². The van der Waals surface area contributed by atoms with E-state index in [2.05, 4.69) is 29.7 Å². The second-order valence-corrected chi connectivity index (χ2v) is 8.09. The van der Waals surface area contributed by atoms with Crippen LogP contribution >= 0.6 is 0 Å². The molecule has 2 aromatic carbocycles. The van der Waals surface area contributed by atoms with Crippen molar-refractivity contribution in [1.82, 2.24) is 10.2 Å². The molecule has 0 radical (unpaired) electrons. The second-order valence-electron chi connectivity index (χ2n) is 8.09. The Morgan fingerprint density at radius 2 is 1.73 bits per heavy atom. The topological polar surface area (TPSA) is 78.5 Å². The number of fused-ring (bicyclic) bond motifs is 1. The van der Waals surface area contributed by atoms with Gasteiger partial charge in [0.1, 0.15) is 0 Å². The lowest BCUT2D eigenvalue weighted by Crippen LogP contribution is -2.40. The van der Waals surface area contributed by atoms with Crippen LogP contribution in [0.1, 0.15) is 63.9 Å². The Kier molecular flexibility index (Phi) is 5.84. The van der Waals surface area contributed by atoms with Crippen LogP contribution in [-0.4, -0.2) is 35.3 Å². The minimum absolute atomic E-state index is 0.00713. The molecule has 1 aliphatic carbocycles. The zero-order valence-electron chi connectivity index (χ0n) is 17.2. The largest absolute Gasteiger partial charge is 0.338 e. The number of benzene rings is 2. The summed E-state index contributed by atoms with van der Waals surface area (Å²) in [5, 5.41) is 5.61. The fourth-order valence-corrected chi connectivity index (χ4v) is 4.38. The van der Waals surface area contributed by atoms with Crippen molar-refractivity contribution in [2.45, 2.75) is 51.5 Å². The molecule has 4 amide bonds. The molecule has 0 atom stereocenters. The van der Waals surface area contributed by atoms with Crippen LogP contribution in [0.15, 0.2) is 42.5 Å². The Hall–Kier alpha value is -3.15. The quantitative estimate of drug-likeness (QED) is 0.729. The summed E-state index contributed by atoms with van der Waals surface area (Å²) in [6, 6.07) is 12.7. The van der Waals surface area contributed by atoms with Crippen molar-refractivity contribution in [2.24, 2.45) is 0 Å². The van der Waals surface area contributed by atoms with Gasteiger partial charge in [0.2, 0.25) is 0 Å². The molecule has 0 spiro atoms. The molecular weight excluding hydrogens is 378 g/mol. The molecule has 1 fully saturated rings. The number of nitrogens with zero attached hydrogens (tertiary/aromatic N) is 1. The number of carbonyl (C=O) groups excluding carboxylic acids is 3. The van der Waals surface area contributed by atoms with Crippen LogP contribution in [0.4, 0.5) is 10.5 Å². The van der Waals surface area contributed by atoms with Gasteiger partial charge >= 0.3 is 6.03 Å². The number of rotatable bonds is 5. The smallest absolute Gasteiger partial charge is 0.319 e. The molecular formula is C24H27N3O3. The highest BCUT2D eigenvalue weighted by atomic mass is 16.2. The SMILES string of the molecule is Cc1ccccc1CCNC(=O)Nc1ccc2c(c1)C(=O)N(C1CCCCC1)C2=O. The Balaban J connectivity index is 1.37. The van der Waals surface area contributed by atoms with Gasteiger partial charge in [-0.3, -0.25) is 14.5 Å². The van der Waals surface area contributed by atoms with Crippen molar-refractivity contribution >= 4 is 23.5 Å². The maximum atomic E-state index is 12.9. The molecule has 1 saturated carbocycles. The number of aryl methyl sites for hydroxylation is 1. The van der Waals surface area contributed by atoms with Crippen molar-refractivity contribution in [3.05, 3.63) is 64.7 Å². The van der Waals surface area contributed by atoms with Crippen LogP contribution < -0.4 is 10.6 Å². The van der Waals surface area contributed by atoms with Gasteiger partial charge in [0.25, 0.3) is 11.8 Å². The maximum Gasteiger partial charge on any atom is 0.319 e. The summed E-state index contributed by atoms with van der Waals surface area (Å²) in [6.45, 7) is 2.56. The summed E-state index contributed by atoms with van der Waals surface area (Å²) in [5.74, 6) is -0.457. The van der Waals surface area contributed by atoms with Gasteiger partial charge in [-0.2, -0.15) is 0 Å². The minimum Gasteiger partial charge on any atom is -0.338 e. The van der Waals surface area contributed by atoms with Crippen LogP contribution in [0.5, 0.6) is 0 Å². The summed E-state index contributed by atoms with van der Waals surface area (Å²) in [4.78, 5) is 39.3. The number of hydrogen-bond donors (Lipinski definition) is 2. The van der Waals surface area contributed by atoms with Crippen LogP contribution in [0.25, 0.3) is 0 Å². The Morgan fingerprint density at radius 3 is 2.50 bits per heavy atom. The highest BCUT2D eigenvalue weighted by Gasteiger charge is 2.40. The standard InChI is InChI=1S/C24H27N3O3/c1-16-7-5-6-8-17(16)13-14-25-24(30)26-18-11-12-20-21(15-18)23(29)27(22(20)28)19-9-3-2-4-10-19/h5-8,11-12,15,19H,2-4,9-10,13-14H2,1H3,(H2,25,26,30). The van der Waals surface area contributed by atoms with Crippen LogP contribution in [-0.2, 0) is 6.42 Å². The van der Waals surface area contributed by atoms with E-state index >= 15 is 0 Å². The molecule has 2 aliphatic rings.